The first-order valence-electron chi connectivity index (χ1n) is 13.0. The van der Waals surface area contributed by atoms with Crippen LogP contribution in [-0.4, -0.2) is 43.8 Å². The van der Waals surface area contributed by atoms with Gasteiger partial charge in [0.25, 0.3) is 5.56 Å². The Bertz CT molecular complexity index is 895. The predicted octanol–water partition coefficient (Wildman–Crippen LogP) is 4.33. The van der Waals surface area contributed by atoms with Crippen LogP contribution in [0.15, 0.2) is 11.1 Å². The number of rotatable bonds is 19. The van der Waals surface area contributed by atoms with Gasteiger partial charge in [-0.05, 0) is 19.3 Å². The number of hydrogen-bond acceptors (Lipinski definition) is 7. The highest BCUT2D eigenvalue weighted by Crippen LogP contribution is 2.16. The van der Waals surface area contributed by atoms with Gasteiger partial charge >= 0.3 is 5.97 Å². The van der Waals surface area contributed by atoms with Gasteiger partial charge in [0.05, 0.1) is 12.9 Å². The molecule has 0 saturated carbocycles. The van der Waals surface area contributed by atoms with Gasteiger partial charge in [-0.3, -0.25) is 14.6 Å². The van der Waals surface area contributed by atoms with Crippen LogP contribution in [0.5, 0.6) is 0 Å². The summed E-state index contributed by atoms with van der Waals surface area (Å²) in [6.45, 7) is 3.04. The quantitative estimate of drug-likeness (QED) is 0.202. The lowest BCUT2D eigenvalue weighted by Gasteiger charge is -2.17. The predicted molar refractivity (Wildman–Crippen MR) is 134 cm³/mol. The number of nitrogen functional groups attached to an aromatic ring is 1. The molecule has 2 rings (SSSR count). The molecule has 192 valence electrons. The smallest absolute Gasteiger partial charge is 0.305 e. The van der Waals surface area contributed by atoms with E-state index < -0.39 is 0 Å². The van der Waals surface area contributed by atoms with Crippen molar-refractivity contribution in [3.05, 3.63) is 16.7 Å². The van der Waals surface area contributed by atoms with Crippen LogP contribution in [0.1, 0.15) is 96.8 Å². The molecule has 0 fully saturated rings. The molecule has 2 heterocycles. The molecular weight excluding hydrogens is 434 g/mol. The van der Waals surface area contributed by atoms with Crippen molar-refractivity contribution in [2.75, 3.05) is 18.9 Å². The highest BCUT2D eigenvalue weighted by Gasteiger charge is 2.16. The molecule has 4 N–H and O–H groups in total. The van der Waals surface area contributed by atoms with Crippen LogP contribution in [0.3, 0.4) is 0 Å². The zero-order valence-corrected chi connectivity index (χ0v) is 20.8. The number of esters is 1. The number of nitrogens with one attached hydrogen (secondary N) is 1. The lowest BCUT2D eigenvalue weighted by molar-refractivity contribution is -0.145. The molecule has 9 heteroatoms. The molecule has 0 amide bonds. The Labute approximate surface area is 202 Å². The van der Waals surface area contributed by atoms with Gasteiger partial charge in [-0.2, -0.15) is 4.98 Å². The summed E-state index contributed by atoms with van der Waals surface area (Å²) in [7, 11) is 0. The lowest BCUT2D eigenvalue weighted by atomic mass is 10.0. The Kier molecular flexibility index (Phi) is 13.3. The van der Waals surface area contributed by atoms with Gasteiger partial charge in [0.15, 0.2) is 11.2 Å². The maximum Gasteiger partial charge on any atom is 0.305 e. The number of aliphatic hydroxyl groups excluding tert-OH is 1. The molecule has 0 unspecified atom stereocenters. The number of ether oxygens (including phenoxy) is 1. The van der Waals surface area contributed by atoms with E-state index >= 15 is 0 Å². The third-order valence-electron chi connectivity index (χ3n) is 6.18. The van der Waals surface area contributed by atoms with Crippen molar-refractivity contribution in [2.45, 2.75) is 103 Å². The minimum Gasteiger partial charge on any atom is -0.465 e. The maximum atomic E-state index is 12.2. The van der Waals surface area contributed by atoms with Gasteiger partial charge in [0.2, 0.25) is 5.95 Å². The normalized spacial score (nSPS) is 12.3. The molecule has 2 aromatic rings. The number of aromatic amines is 1. The number of anilines is 1. The van der Waals surface area contributed by atoms with E-state index in [9.17, 15) is 14.7 Å². The first-order valence-corrected chi connectivity index (χ1v) is 13.0. The molecule has 9 nitrogen and oxygen atoms in total. The third-order valence-corrected chi connectivity index (χ3v) is 6.18. The summed E-state index contributed by atoms with van der Waals surface area (Å²) >= 11 is 0. The first-order chi connectivity index (χ1) is 16.5. The second-order valence-electron chi connectivity index (χ2n) is 9.22. The highest BCUT2D eigenvalue weighted by molar-refractivity contribution is 5.70. The van der Waals surface area contributed by atoms with Crippen molar-refractivity contribution >= 4 is 23.1 Å². The zero-order valence-electron chi connectivity index (χ0n) is 20.8. The monoisotopic (exact) mass is 477 g/mol. The van der Waals surface area contributed by atoms with Crippen LogP contribution in [0.4, 0.5) is 5.95 Å². The number of imidazole rings is 1. The number of fused-ring (bicyclic) bond motifs is 1. The SMILES string of the molecule is CCCCCCCCCCCCCC(=O)OC[C@H](CCCO)Cn1cnc2c(=O)[nH]c(N)nc21. The topological polar surface area (TPSA) is 136 Å². The summed E-state index contributed by atoms with van der Waals surface area (Å²) in [5.41, 5.74) is 5.91. The molecule has 2 aromatic heterocycles. The van der Waals surface area contributed by atoms with E-state index in [0.717, 1.165) is 12.8 Å². The second kappa shape index (κ2) is 16.2. The van der Waals surface area contributed by atoms with Crippen LogP contribution < -0.4 is 11.3 Å². The summed E-state index contributed by atoms with van der Waals surface area (Å²) in [5.74, 6) is -0.170. The Morgan fingerprint density at radius 3 is 2.38 bits per heavy atom. The Hall–Kier alpha value is -2.42. The van der Waals surface area contributed by atoms with E-state index in [-0.39, 0.29) is 42.1 Å². The van der Waals surface area contributed by atoms with E-state index in [0.29, 0.717) is 31.5 Å². The van der Waals surface area contributed by atoms with Crippen molar-refractivity contribution < 1.29 is 14.6 Å². The Morgan fingerprint density at radius 2 is 1.74 bits per heavy atom. The average Bonchev–Trinajstić information content (AvgIpc) is 3.21. The average molecular weight is 478 g/mol. The number of unbranched alkanes of at least 4 members (excludes halogenated alkanes) is 10. The van der Waals surface area contributed by atoms with E-state index in [1.807, 2.05) is 0 Å². The highest BCUT2D eigenvalue weighted by atomic mass is 16.5. The standard InChI is InChI=1S/C25H43N5O4/c1-2-3-4-5-6-7-8-9-10-11-12-15-21(32)34-18-20(14-13-16-31)17-30-19-27-22-23(30)28-25(26)29-24(22)33/h19-20,31H,2-18H2,1H3,(H3,26,28,29,33)/t20-/m1/s1. The minimum atomic E-state index is -0.383. The number of hydrogen-bond donors (Lipinski definition) is 3. The van der Waals surface area contributed by atoms with E-state index in [1.54, 1.807) is 10.9 Å². The number of H-pyrrole nitrogens is 1. The first kappa shape index (κ1) is 27.8. The molecule has 1 atom stereocenters. The third kappa shape index (κ3) is 10.2. The molecule has 0 aliphatic carbocycles. The van der Waals surface area contributed by atoms with Gasteiger partial charge in [-0.15, -0.1) is 0 Å². The van der Waals surface area contributed by atoms with Crippen molar-refractivity contribution in [1.29, 1.82) is 0 Å². The maximum absolute atomic E-state index is 12.2. The molecule has 0 radical (unpaired) electrons. The van der Waals surface area contributed by atoms with Gasteiger partial charge in [0.1, 0.15) is 0 Å². The fourth-order valence-corrected chi connectivity index (χ4v) is 4.21. The number of carbonyl (C=O) groups excluding carboxylic acids is 1. The Morgan fingerprint density at radius 1 is 1.09 bits per heavy atom. The van der Waals surface area contributed by atoms with E-state index in [1.165, 1.54) is 57.8 Å². The molecule has 0 saturated heterocycles. The molecule has 0 spiro atoms. The van der Waals surface area contributed by atoms with Gasteiger partial charge in [-0.25, -0.2) is 4.98 Å². The molecule has 0 bridgehead atoms. The van der Waals surface area contributed by atoms with Crippen molar-refractivity contribution in [2.24, 2.45) is 5.92 Å². The minimum absolute atomic E-state index is 0.0202. The van der Waals surface area contributed by atoms with Gasteiger partial charge in [-0.1, -0.05) is 71.1 Å². The summed E-state index contributed by atoms with van der Waals surface area (Å²) in [6.07, 6.45) is 16.9. The van der Waals surface area contributed by atoms with Crippen LogP contribution in [0.25, 0.3) is 11.2 Å². The van der Waals surface area contributed by atoms with E-state index in [4.69, 9.17) is 10.5 Å². The van der Waals surface area contributed by atoms with Crippen molar-refractivity contribution in [3.63, 3.8) is 0 Å². The molecular formula is C25H43N5O4. The summed E-state index contributed by atoms with van der Waals surface area (Å²) in [4.78, 5) is 34.9. The number of nitrogens with zero attached hydrogens (tertiary/aromatic N) is 3. The van der Waals surface area contributed by atoms with Gasteiger partial charge in [0, 0.05) is 25.5 Å². The molecule has 34 heavy (non-hydrogen) atoms. The number of nitrogens with two attached hydrogens (primary N) is 1. The summed E-state index contributed by atoms with van der Waals surface area (Å²) in [6, 6.07) is 0. The zero-order chi connectivity index (χ0) is 24.6. The second-order valence-corrected chi connectivity index (χ2v) is 9.22. The fraction of sp³-hybridized carbons (Fsp3) is 0.760. The fourth-order valence-electron chi connectivity index (χ4n) is 4.21. The summed E-state index contributed by atoms with van der Waals surface area (Å²) < 4.78 is 7.28. The van der Waals surface area contributed by atoms with Crippen LogP contribution in [-0.2, 0) is 16.1 Å². The number of aromatic nitrogens is 4. The van der Waals surface area contributed by atoms with E-state index in [2.05, 4.69) is 21.9 Å². The molecule has 0 aliphatic heterocycles. The largest absolute Gasteiger partial charge is 0.465 e. The summed E-state index contributed by atoms with van der Waals surface area (Å²) in [5, 5.41) is 9.23. The van der Waals surface area contributed by atoms with Crippen LogP contribution >= 0.6 is 0 Å². The molecule has 0 aliphatic rings. The Balaban J connectivity index is 1.67. The van der Waals surface area contributed by atoms with Crippen LogP contribution in [0, 0.1) is 5.92 Å². The van der Waals surface area contributed by atoms with Crippen LogP contribution in [0.2, 0.25) is 0 Å². The number of aliphatic hydroxyl groups is 1. The number of carbonyl (C=O) groups is 1. The van der Waals surface area contributed by atoms with Crippen molar-refractivity contribution in [3.8, 4) is 0 Å². The van der Waals surface area contributed by atoms with Gasteiger partial charge < -0.3 is 20.1 Å². The van der Waals surface area contributed by atoms with Crippen molar-refractivity contribution in [1.82, 2.24) is 19.5 Å². The lowest BCUT2D eigenvalue weighted by Crippen LogP contribution is -2.20. The molecule has 0 aromatic carbocycles.